The van der Waals surface area contributed by atoms with Gasteiger partial charge in [-0.15, -0.1) is 0 Å². The summed E-state index contributed by atoms with van der Waals surface area (Å²) in [5.74, 6) is 0.656. The fourth-order valence-electron chi connectivity index (χ4n) is 3.23. The minimum Gasteiger partial charge on any atom is -0.310 e. The van der Waals surface area contributed by atoms with Crippen LogP contribution in [0.3, 0.4) is 0 Å². The van der Waals surface area contributed by atoms with Crippen LogP contribution in [0.1, 0.15) is 16.7 Å². The number of imidazole rings is 1. The van der Waals surface area contributed by atoms with Crippen molar-refractivity contribution < 1.29 is 4.79 Å². The van der Waals surface area contributed by atoms with E-state index in [0.29, 0.717) is 12.2 Å². The lowest BCUT2D eigenvalue weighted by atomic mass is 10.1. The third kappa shape index (κ3) is 3.47. The summed E-state index contributed by atoms with van der Waals surface area (Å²) in [7, 11) is 0. The lowest BCUT2D eigenvalue weighted by Gasteiger charge is -2.10. The van der Waals surface area contributed by atoms with Gasteiger partial charge in [-0.25, -0.2) is 4.98 Å². The lowest BCUT2D eigenvalue weighted by Crippen LogP contribution is -2.17. The summed E-state index contributed by atoms with van der Waals surface area (Å²) in [5, 5.41) is 3.10. The lowest BCUT2D eigenvalue weighted by molar-refractivity contribution is -0.115. The molecule has 0 saturated carbocycles. The molecule has 0 radical (unpaired) electrons. The first kappa shape index (κ1) is 17.0. The molecule has 0 fully saturated rings. The molecule has 1 amide bonds. The number of aromatic nitrogens is 2. The average Bonchev–Trinajstić information content (AvgIpc) is 3.02. The van der Waals surface area contributed by atoms with Gasteiger partial charge in [0.25, 0.3) is 0 Å². The number of hydrogen-bond acceptors (Lipinski definition) is 2. The van der Waals surface area contributed by atoms with Crippen molar-refractivity contribution in [2.45, 2.75) is 20.3 Å². The predicted octanol–water partition coefficient (Wildman–Crippen LogP) is 4.80. The van der Waals surface area contributed by atoms with Crippen molar-refractivity contribution in [1.29, 1.82) is 0 Å². The van der Waals surface area contributed by atoms with Gasteiger partial charge in [-0.05, 0) is 36.6 Å². The van der Waals surface area contributed by atoms with Gasteiger partial charge >= 0.3 is 0 Å². The van der Waals surface area contributed by atoms with Crippen LogP contribution in [0.15, 0.2) is 72.9 Å². The number of anilines is 1. The zero-order chi connectivity index (χ0) is 18.8. The second-order valence-electron chi connectivity index (χ2n) is 6.76. The Morgan fingerprint density at radius 2 is 1.70 bits per heavy atom. The van der Waals surface area contributed by atoms with Crippen molar-refractivity contribution in [2.75, 3.05) is 5.32 Å². The molecule has 27 heavy (non-hydrogen) atoms. The zero-order valence-corrected chi connectivity index (χ0v) is 15.4. The van der Waals surface area contributed by atoms with Gasteiger partial charge in [-0.2, -0.15) is 0 Å². The third-order valence-electron chi connectivity index (χ3n) is 4.68. The van der Waals surface area contributed by atoms with Crippen LogP contribution < -0.4 is 5.32 Å². The van der Waals surface area contributed by atoms with Crippen LogP contribution in [0, 0.1) is 13.8 Å². The van der Waals surface area contributed by atoms with E-state index in [4.69, 9.17) is 4.98 Å². The Balaban J connectivity index is 1.74. The second-order valence-corrected chi connectivity index (χ2v) is 6.76. The van der Waals surface area contributed by atoms with Crippen LogP contribution in [0.4, 0.5) is 5.82 Å². The van der Waals surface area contributed by atoms with Gasteiger partial charge < -0.3 is 5.32 Å². The predicted molar refractivity (Wildman–Crippen MR) is 109 cm³/mol. The highest BCUT2D eigenvalue weighted by Crippen LogP contribution is 2.29. The molecule has 4 rings (SSSR count). The first-order chi connectivity index (χ1) is 13.1. The minimum atomic E-state index is -0.0511. The van der Waals surface area contributed by atoms with E-state index in [1.165, 1.54) is 0 Å². The van der Waals surface area contributed by atoms with E-state index in [2.05, 4.69) is 5.32 Å². The minimum absolute atomic E-state index is 0.0511. The third-order valence-corrected chi connectivity index (χ3v) is 4.68. The molecule has 134 valence electrons. The summed E-state index contributed by atoms with van der Waals surface area (Å²) in [6, 6.07) is 21.9. The second kappa shape index (κ2) is 7.08. The highest BCUT2D eigenvalue weighted by molar-refractivity contribution is 5.95. The molecule has 0 aliphatic rings. The Morgan fingerprint density at radius 1 is 0.963 bits per heavy atom. The number of aryl methyl sites for hydroxylation is 2. The van der Waals surface area contributed by atoms with Crippen LogP contribution in [-0.2, 0) is 11.2 Å². The molecule has 0 aliphatic heterocycles. The summed E-state index contributed by atoms with van der Waals surface area (Å²) >= 11 is 0. The van der Waals surface area contributed by atoms with Gasteiger partial charge in [0.15, 0.2) is 0 Å². The van der Waals surface area contributed by atoms with E-state index in [0.717, 1.165) is 33.6 Å². The number of amides is 1. The Bertz CT molecular complexity index is 1110. The maximum Gasteiger partial charge on any atom is 0.229 e. The molecule has 4 heteroatoms. The maximum atomic E-state index is 12.8. The maximum absolute atomic E-state index is 12.8. The number of carbonyl (C=O) groups excluding carboxylic acids is 1. The van der Waals surface area contributed by atoms with Crippen LogP contribution in [0.5, 0.6) is 0 Å². The van der Waals surface area contributed by atoms with Crippen LogP contribution in [0.25, 0.3) is 16.9 Å². The van der Waals surface area contributed by atoms with E-state index in [1.54, 1.807) is 0 Å². The number of carbonyl (C=O) groups is 1. The standard InChI is InChI=1S/C23H21N3O/c1-16-12-13-20-24-22(18-9-4-3-5-10-18)23(26(20)15-16)25-21(27)14-19-11-7-6-8-17(19)2/h3-13,15H,14H2,1-2H3,(H,25,27). The van der Waals surface area contributed by atoms with Crippen LogP contribution in [-0.4, -0.2) is 15.3 Å². The Labute approximate surface area is 158 Å². The fraction of sp³-hybridized carbons (Fsp3) is 0.130. The Kier molecular flexibility index (Phi) is 4.47. The van der Waals surface area contributed by atoms with Crippen molar-refractivity contribution in [3.63, 3.8) is 0 Å². The van der Waals surface area contributed by atoms with Gasteiger partial charge in [-0.1, -0.05) is 60.7 Å². The van der Waals surface area contributed by atoms with Crippen molar-refractivity contribution in [3.05, 3.63) is 89.6 Å². The first-order valence-corrected chi connectivity index (χ1v) is 9.00. The SMILES string of the molecule is Cc1ccc2nc(-c3ccccc3)c(NC(=O)Cc3ccccc3C)n2c1. The Hall–Kier alpha value is -3.40. The molecule has 4 nitrogen and oxygen atoms in total. The quantitative estimate of drug-likeness (QED) is 0.571. The van der Waals surface area contributed by atoms with Crippen molar-refractivity contribution in [1.82, 2.24) is 9.38 Å². The van der Waals surface area contributed by atoms with E-state index < -0.39 is 0 Å². The number of nitrogens with zero attached hydrogens (tertiary/aromatic N) is 2. The molecule has 0 spiro atoms. The number of nitrogens with one attached hydrogen (secondary N) is 1. The van der Waals surface area contributed by atoms with Crippen molar-refractivity contribution in [2.24, 2.45) is 0 Å². The van der Waals surface area contributed by atoms with Gasteiger partial charge in [0, 0.05) is 11.8 Å². The molecule has 1 N–H and O–H groups in total. The molecule has 2 aromatic heterocycles. The number of fused-ring (bicyclic) bond motifs is 1. The summed E-state index contributed by atoms with van der Waals surface area (Å²) in [5.41, 5.74) is 5.81. The molecule has 2 heterocycles. The van der Waals surface area contributed by atoms with Crippen molar-refractivity contribution >= 4 is 17.4 Å². The topological polar surface area (TPSA) is 46.4 Å². The summed E-state index contributed by atoms with van der Waals surface area (Å²) in [6.45, 7) is 4.05. The highest BCUT2D eigenvalue weighted by Gasteiger charge is 2.17. The molecule has 0 atom stereocenters. The van der Waals surface area contributed by atoms with Gasteiger partial charge in [0.1, 0.15) is 17.2 Å². The highest BCUT2D eigenvalue weighted by atomic mass is 16.1. The summed E-state index contributed by atoms with van der Waals surface area (Å²) in [4.78, 5) is 17.5. The molecule has 0 unspecified atom stereocenters. The van der Waals surface area contributed by atoms with E-state index in [1.807, 2.05) is 91.2 Å². The van der Waals surface area contributed by atoms with Gasteiger partial charge in [0.05, 0.1) is 6.42 Å². The van der Waals surface area contributed by atoms with Gasteiger partial charge in [-0.3, -0.25) is 9.20 Å². The van der Waals surface area contributed by atoms with E-state index in [-0.39, 0.29) is 5.91 Å². The van der Waals surface area contributed by atoms with E-state index in [9.17, 15) is 4.79 Å². The largest absolute Gasteiger partial charge is 0.310 e. The van der Waals surface area contributed by atoms with Crippen LogP contribution >= 0.6 is 0 Å². The first-order valence-electron chi connectivity index (χ1n) is 9.00. The molecular weight excluding hydrogens is 334 g/mol. The summed E-state index contributed by atoms with van der Waals surface area (Å²) in [6.07, 6.45) is 2.33. The van der Waals surface area contributed by atoms with E-state index >= 15 is 0 Å². The number of rotatable bonds is 4. The molecule has 4 aromatic rings. The molecule has 0 aliphatic carbocycles. The number of hydrogen-bond donors (Lipinski definition) is 1. The fourth-order valence-corrected chi connectivity index (χ4v) is 3.23. The zero-order valence-electron chi connectivity index (χ0n) is 15.4. The molecule has 0 bridgehead atoms. The van der Waals surface area contributed by atoms with Crippen LogP contribution in [0.2, 0.25) is 0 Å². The molecule has 0 saturated heterocycles. The van der Waals surface area contributed by atoms with Crippen molar-refractivity contribution in [3.8, 4) is 11.3 Å². The Morgan fingerprint density at radius 3 is 2.48 bits per heavy atom. The molecule has 2 aromatic carbocycles. The smallest absolute Gasteiger partial charge is 0.229 e. The summed E-state index contributed by atoms with van der Waals surface area (Å²) < 4.78 is 1.95. The number of pyridine rings is 1. The van der Waals surface area contributed by atoms with Gasteiger partial charge in [0.2, 0.25) is 5.91 Å². The molecular formula is C23H21N3O. The average molecular weight is 355 g/mol. The monoisotopic (exact) mass is 355 g/mol. The normalized spacial score (nSPS) is 10.9. The number of benzene rings is 2.